The van der Waals surface area contributed by atoms with Crippen LogP contribution in [0.2, 0.25) is 5.02 Å². The van der Waals surface area contributed by atoms with Crippen LogP contribution in [0.25, 0.3) is 16.5 Å². The number of nitro groups is 1. The second kappa shape index (κ2) is 8.73. The Labute approximate surface area is 189 Å². The number of non-ortho nitro benzene ring substituents is 1. The van der Waals surface area contributed by atoms with E-state index < -0.39 is 10.8 Å². The van der Waals surface area contributed by atoms with E-state index in [-0.39, 0.29) is 33.6 Å². The summed E-state index contributed by atoms with van der Waals surface area (Å²) in [5, 5.41) is 20.2. The molecule has 0 spiro atoms. The number of carbonyl (C=O) groups is 1. The van der Waals surface area contributed by atoms with E-state index >= 15 is 0 Å². The van der Waals surface area contributed by atoms with Crippen LogP contribution < -0.4 is 10.9 Å². The maximum Gasteiger partial charge on any atom is 0.270 e. The number of anilines is 1. The highest BCUT2D eigenvalue weighted by Gasteiger charge is 2.20. The van der Waals surface area contributed by atoms with Gasteiger partial charge in [-0.3, -0.25) is 24.7 Å². The molecule has 4 aromatic rings. The van der Waals surface area contributed by atoms with Gasteiger partial charge in [0.05, 0.1) is 20.4 Å². The van der Waals surface area contributed by atoms with Gasteiger partial charge in [-0.2, -0.15) is 9.78 Å². The van der Waals surface area contributed by atoms with Crippen molar-refractivity contribution >= 4 is 40.4 Å². The van der Waals surface area contributed by atoms with Gasteiger partial charge in [0, 0.05) is 30.0 Å². The minimum absolute atomic E-state index is 0.0529. The molecule has 0 bridgehead atoms. The van der Waals surface area contributed by atoms with Gasteiger partial charge in [-0.15, -0.1) is 11.3 Å². The average Bonchev–Trinajstić information content (AvgIpc) is 3.43. The highest BCUT2D eigenvalue weighted by atomic mass is 35.5. The van der Waals surface area contributed by atoms with Gasteiger partial charge in [0.15, 0.2) is 0 Å². The molecule has 0 aliphatic rings. The van der Waals surface area contributed by atoms with Gasteiger partial charge < -0.3 is 5.32 Å². The van der Waals surface area contributed by atoms with E-state index in [4.69, 9.17) is 11.6 Å². The Hall–Kier alpha value is -3.83. The Bertz CT molecular complexity index is 1380. The molecule has 0 saturated heterocycles. The first-order valence-corrected chi connectivity index (χ1v) is 10.6. The average molecular weight is 471 g/mol. The van der Waals surface area contributed by atoms with Gasteiger partial charge in [0.2, 0.25) is 5.95 Å². The van der Waals surface area contributed by atoms with Crippen molar-refractivity contribution in [3.63, 3.8) is 0 Å². The number of aromatic amines is 1. The summed E-state index contributed by atoms with van der Waals surface area (Å²) in [7, 11) is 0. The monoisotopic (exact) mass is 470 g/mol. The van der Waals surface area contributed by atoms with Crippen molar-refractivity contribution in [2.45, 2.75) is 13.3 Å². The second-order valence-electron chi connectivity index (χ2n) is 6.59. The number of nitrogens with zero attached hydrogens (tertiary/aromatic N) is 4. The number of benzene rings is 1. The summed E-state index contributed by atoms with van der Waals surface area (Å²) in [5.74, 6) is -0.346. The van der Waals surface area contributed by atoms with Crippen molar-refractivity contribution in [1.29, 1.82) is 0 Å². The molecule has 1 amide bonds. The zero-order chi connectivity index (χ0) is 22.8. The van der Waals surface area contributed by atoms with E-state index in [0.29, 0.717) is 17.8 Å². The van der Waals surface area contributed by atoms with Crippen LogP contribution in [0.3, 0.4) is 0 Å². The first-order valence-electron chi connectivity index (χ1n) is 9.35. The van der Waals surface area contributed by atoms with Crippen molar-refractivity contribution in [1.82, 2.24) is 19.7 Å². The molecule has 162 valence electrons. The lowest BCUT2D eigenvalue weighted by molar-refractivity contribution is -0.384. The number of nitro benzene ring substituents is 1. The van der Waals surface area contributed by atoms with E-state index in [2.05, 4.69) is 20.4 Å². The third-order valence-corrected chi connectivity index (χ3v) is 5.70. The summed E-state index contributed by atoms with van der Waals surface area (Å²) in [6.45, 7) is 1.86. The van der Waals surface area contributed by atoms with E-state index in [0.717, 1.165) is 10.9 Å². The van der Waals surface area contributed by atoms with Crippen molar-refractivity contribution < 1.29 is 9.72 Å². The molecule has 0 radical (unpaired) electrons. The molecule has 10 nitrogen and oxygen atoms in total. The van der Waals surface area contributed by atoms with Crippen LogP contribution in [-0.2, 0) is 6.42 Å². The lowest BCUT2D eigenvalue weighted by atomic mass is 10.2. The summed E-state index contributed by atoms with van der Waals surface area (Å²) in [6.07, 6.45) is 0.529. The van der Waals surface area contributed by atoms with Gasteiger partial charge in [-0.1, -0.05) is 24.6 Å². The molecule has 12 heteroatoms. The van der Waals surface area contributed by atoms with Gasteiger partial charge in [-0.25, -0.2) is 4.98 Å². The largest absolute Gasteiger partial charge is 0.306 e. The number of aromatic nitrogens is 4. The van der Waals surface area contributed by atoms with Crippen molar-refractivity contribution in [2.75, 3.05) is 5.32 Å². The molecule has 3 heterocycles. The van der Waals surface area contributed by atoms with Crippen LogP contribution in [0.1, 0.15) is 23.0 Å². The minimum atomic E-state index is -0.674. The van der Waals surface area contributed by atoms with Crippen LogP contribution in [0, 0.1) is 10.1 Å². The molecule has 2 N–H and O–H groups in total. The Morgan fingerprint density at radius 2 is 2.12 bits per heavy atom. The first kappa shape index (κ1) is 21.4. The lowest BCUT2D eigenvalue weighted by Gasteiger charge is -2.09. The fourth-order valence-electron chi connectivity index (χ4n) is 2.94. The van der Waals surface area contributed by atoms with Crippen LogP contribution in [0.4, 0.5) is 11.5 Å². The van der Waals surface area contributed by atoms with E-state index in [9.17, 15) is 19.7 Å². The standard InChI is InChI=1S/C20H15ClN6O4S/c1-2-11-8-18(28)24-20(22-11)26-17(10-15(25-26)16-4-3-7-32-16)23-19(29)13-9-12(27(30)31)5-6-14(13)21/h3-10H,2H2,1H3,(H,23,29)(H,22,24,28). The number of aryl methyl sites for hydroxylation is 1. The fourth-order valence-corrected chi connectivity index (χ4v) is 3.82. The molecule has 4 rings (SSSR count). The summed E-state index contributed by atoms with van der Waals surface area (Å²) in [4.78, 5) is 43.3. The molecule has 0 atom stereocenters. The number of H-pyrrole nitrogens is 1. The second-order valence-corrected chi connectivity index (χ2v) is 7.95. The van der Waals surface area contributed by atoms with Gasteiger partial charge >= 0.3 is 0 Å². The number of thiophene rings is 1. The van der Waals surface area contributed by atoms with Gasteiger partial charge in [0.25, 0.3) is 17.2 Å². The zero-order valence-corrected chi connectivity index (χ0v) is 18.1. The van der Waals surface area contributed by atoms with Crippen LogP contribution in [-0.4, -0.2) is 30.6 Å². The third kappa shape index (κ3) is 4.29. The minimum Gasteiger partial charge on any atom is -0.306 e. The maximum absolute atomic E-state index is 12.9. The Balaban J connectivity index is 1.79. The third-order valence-electron chi connectivity index (χ3n) is 4.48. The predicted molar refractivity (Wildman–Crippen MR) is 121 cm³/mol. The van der Waals surface area contributed by atoms with E-state index in [1.807, 2.05) is 24.4 Å². The maximum atomic E-state index is 12.9. The number of hydrogen-bond acceptors (Lipinski definition) is 7. The molecule has 3 aromatic heterocycles. The quantitative estimate of drug-likeness (QED) is 0.322. The molecule has 0 unspecified atom stereocenters. The number of halogens is 1. The zero-order valence-electron chi connectivity index (χ0n) is 16.5. The molecule has 1 aromatic carbocycles. The van der Waals surface area contributed by atoms with Crippen LogP contribution in [0.15, 0.2) is 52.6 Å². The Morgan fingerprint density at radius 1 is 1.31 bits per heavy atom. The van der Waals surface area contributed by atoms with Crippen molar-refractivity contribution in [3.05, 3.63) is 84.6 Å². The first-order chi connectivity index (χ1) is 15.4. The van der Waals surface area contributed by atoms with Crippen molar-refractivity contribution in [2.24, 2.45) is 0 Å². The predicted octanol–water partition coefficient (Wildman–Crippen LogP) is 4.06. The molecule has 0 aliphatic heterocycles. The molecule has 0 aliphatic carbocycles. The van der Waals surface area contributed by atoms with E-state index in [1.165, 1.54) is 34.2 Å². The molecular formula is C20H15ClN6O4S. The van der Waals surface area contributed by atoms with E-state index in [1.54, 1.807) is 6.07 Å². The molecule has 0 fully saturated rings. The summed E-state index contributed by atoms with van der Waals surface area (Å²) >= 11 is 7.55. The number of nitrogens with one attached hydrogen (secondary N) is 2. The Kier molecular flexibility index (Phi) is 5.84. The number of amides is 1. The SMILES string of the molecule is CCc1cc(=O)[nH]c(-n2nc(-c3cccs3)cc2NC(=O)c2cc([N+](=O)[O-])ccc2Cl)n1. The fraction of sp³-hybridized carbons (Fsp3) is 0.100. The van der Waals surface area contributed by atoms with Crippen LogP contribution >= 0.6 is 22.9 Å². The number of rotatable bonds is 6. The molecule has 32 heavy (non-hydrogen) atoms. The Morgan fingerprint density at radius 3 is 2.81 bits per heavy atom. The molecular weight excluding hydrogens is 456 g/mol. The smallest absolute Gasteiger partial charge is 0.270 e. The lowest BCUT2D eigenvalue weighted by Crippen LogP contribution is -2.19. The van der Waals surface area contributed by atoms with Crippen LogP contribution in [0.5, 0.6) is 0 Å². The highest BCUT2D eigenvalue weighted by Crippen LogP contribution is 2.28. The summed E-state index contributed by atoms with van der Waals surface area (Å²) < 4.78 is 1.30. The summed E-state index contributed by atoms with van der Waals surface area (Å²) in [5.41, 5.74) is 0.393. The molecule has 0 saturated carbocycles. The van der Waals surface area contributed by atoms with Crippen molar-refractivity contribution in [3.8, 4) is 16.5 Å². The summed E-state index contributed by atoms with van der Waals surface area (Å²) in [6, 6.07) is 10.3. The van der Waals surface area contributed by atoms with Gasteiger partial charge in [0.1, 0.15) is 11.5 Å². The number of carbonyl (C=O) groups excluding carboxylic acids is 1. The van der Waals surface area contributed by atoms with Gasteiger partial charge in [-0.05, 0) is 23.9 Å². The topological polar surface area (TPSA) is 136 Å². The normalized spacial score (nSPS) is 10.8. The highest BCUT2D eigenvalue weighted by molar-refractivity contribution is 7.13. The number of hydrogen-bond donors (Lipinski definition) is 2.